The molecule has 1 N–H and O–H groups in total. The molecule has 1 aliphatic heterocycles. The van der Waals surface area contributed by atoms with E-state index in [-0.39, 0.29) is 11.8 Å². The van der Waals surface area contributed by atoms with Crippen molar-refractivity contribution >= 4 is 11.8 Å². The number of piperazine rings is 1. The normalized spacial score (nSPS) is 14.0. The fraction of sp³-hybridized carbons (Fsp3) is 0.227. The molecule has 2 amide bonds. The summed E-state index contributed by atoms with van der Waals surface area (Å²) in [5, 5.41) is 7.09. The van der Waals surface area contributed by atoms with Gasteiger partial charge in [0, 0.05) is 31.7 Å². The van der Waals surface area contributed by atoms with Crippen LogP contribution in [0.5, 0.6) is 5.75 Å². The maximum atomic E-state index is 12.8. The highest BCUT2D eigenvalue weighted by atomic mass is 16.5. The predicted molar refractivity (Wildman–Crippen MR) is 109 cm³/mol. The average molecular weight is 390 g/mol. The minimum Gasteiger partial charge on any atom is -0.496 e. The largest absolute Gasteiger partial charge is 0.496 e. The van der Waals surface area contributed by atoms with E-state index in [9.17, 15) is 9.59 Å². The number of hydrogen-bond acceptors (Lipinski definition) is 4. The van der Waals surface area contributed by atoms with E-state index in [1.165, 1.54) is 0 Å². The lowest BCUT2D eigenvalue weighted by atomic mass is 10.1. The third kappa shape index (κ3) is 3.85. The van der Waals surface area contributed by atoms with E-state index in [0.717, 1.165) is 11.3 Å². The molecule has 29 heavy (non-hydrogen) atoms. The Morgan fingerprint density at radius 1 is 0.897 bits per heavy atom. The lowest BCUT2D eigenvalue weighted by molar-refractivity contribution is 0.0530. The van der Waals surface area contributed by atoms with Crippen molar-refractivity contribution < 1.29 is 14.3 Å². The van der Waals surface area contributed by atoms with Gasteiger partial charge in [-0.25, -0.2) is 0 Å². The molecule has 2 heterocycles. The molecular formula is C22H22N4O3. The van der Waals surface area contributed by atoms with Crippen molar-refractivity contribution in [1.82, 2.24) is 20.0 Å². The molecule has 1 aromatic heterocycles. The number of carbonyl (C=O) groups excluding carboxylic acids is 2. The highest BCUT2D eigenvalue weighted by Crippen LogP contribution is 2.21. The van der Waals surface area contributed by atoms with Crippen molar-refractivity contribution in [3.8, 4) is 17.0 Å². The van der Waals surface area contributed by atoms with Gasteiger partial charge in [-0.3, -0.25) is 14.7 Å². The number of methoxy groups -OCH3 is 1. The van der Waals surface area contributed by atoms with Crippen molar-refractivity contribution in [1.29, 1.82) is 0 Å². The van der Waals surface area contributed by atoms with Crippen LogP contribution in [0.25, 0.3) is 11.3 Å². The van der Waals surface area contributed by atoms with Crippen molar-refractivity contribution in [2.45, 2.75) is 0 Å². The highest BCUT2D eigenvalue weighted by Gasteiger charge is 2.27. The van der Waals surface area contributed by atoms with E-state index >= 15 is 0 Å². The third-order valence-electron chi connectivity index (χ3n) is 5.07. The molecular weight excluding hydrogens is 368 g/mol. The monoisotopic (exact) mass is 390 g/mol. The van der Waals surface area contributed by atoms with Gasteiger partial charge in [0.05, 0.1) is 18.4 Å². The Kier molecular flexibility index (Phi) is 5.29. The first-order valence-corrected chi connectivity index (χ1v) is 9.50. The molecule has 4 rings (SSSR count). The number of H-pyrrole nitrogens is 1. The van der Waals surface area contributed by atoms with Crippen LogP contribution in [0.2, 0.25) is 0 Å². The molecule has 0 spiro atoms. The van der Waals surface area contributed by atoms with Crippen LogP contribution in [-0.2, 0) is 0 Å². The highest BCUT2D eigenvalue weighted by molar-refractivity contribution is 5.97. The quantitative estimate of drug-likeness (QED) is 0.743. The van der Waals surface area contributed by atoms with E-state index < -0.39 is 0 Å². The van der Waals surface area contributed by atoms with Gasteiger partial charge < -0.3 is 14.5 Å². The molecule has 0 radical (unpaired) electrons. The maximum absolute atomic E-state index is 12.8. The molecule has 7 nitrogen and oxygen atoms in total. The van der Waals surface area contributed by atoms with Crippen LogP contribution in [0.1, 0.15) is 20.8 Å². The summed E-state index contributed by atoms with van der Waals surface area (Å²) in [7, 11) is 1.55. The third-order valence-corrected chi connectivity index (χ3v) is 5.07. The maximum Gasteiger partial charge on any atom is 0.272 e. The summed E-state index contributed by atoms with van der Waals surface area (Å²) in [5.41, 5.74) is 2.68. The Bertz CT molecular complexity index is 1010. The van der Waals surface area contributed by atoms with Gasteiger partial charge in [0.15, 0.2) is 0 Å². The first-order valence-electron chi connectivity index (χ1n) is 9.50. The van der Waals surface area contributed by atoms with Crippen LogP contribution < -0.4 is 4.74 Å². The number of nitrogens with one attached hydrogen (secondary N) is 1. The Balaban J connectivity index is 1.40. The zero-order chi connectivity index (χ0) is 20.2. The van der Waals surface area contributed by atoms with E-state index in [2.05, 4.69) is 10.2 Å². The van der Waals surface area contributed by atoms with Crippen LogP contribution in [-0.4, -0.2) is 65.1 Å². The van der Waals surface area contributed by atoms with Crippen LogP contribution in [0.15, 0.2) is 60.7 Å². The number of aromatic nitrogens is 2. The van der Waals surface area contributed by atoms with Gasteiger partial charge in [0.25, 0.3) is 11.8 Å². The second kappa shape index (κ2) is 8.18. The summed E-state index contributed by atoms with van der Waals surface area (Å²) < 4.78 is 5.29. The molecule has 148 valence electrons. The molecule has 1 saturated heterocycles. The van der Waals surface area contributed by atoms with Crippen LogP contribution >= 0.6 is 0 Å². The first kappa shape index (κ1) is 18.7. The number of hydrogen-bond donors (Lipinski definition) is 1. The zero-order valence-corrected chi connectivity index (χ0v) is 16.2. The van der Waals surface area contributed by atoms with Crippen molar-refractivity contribution in [2.75, 3.05) is 33.3 Å². The van der Waals surface area contributed by atoms with Crippen molar-refractivity contribution in [3.63, 3.8) is 0 Å². The zero-order valence-electron chi connectivity index (χ0n) is 16.2. The summed E-state index contributed by atoms with van der Waals surface area (Å²) in [6.45, 7) is 1.89. The predicted octanol–water partition coefficient (Wildman–Crippen LogP) is 2.68. The number of nitrogens with zero attached hydrogens (tertiary/aromatic N) is 3. The fourth-order valence-corrected chi connectivity index (χ4v) is 3.46. The molecule has 7 heteroatoms. The van der Waals surface area contributed by atoms with Crippen molar-refractivity contribution in [2.24, 2.45) is 0 Å². The minimum absolute atomic E-state index is 0.0811. The summed E-state index contributed by atoms with van der Waals surface area (Å²) in [6, 6.07) is 18.7. The topological polar surface area (TPSA) is 78.5 Å². The molecule has 0 unspecified atom stereocenters. The second-order valence-corrected chi connectivity index (χ2v) is 6.82. The van der Waals surface area contributed by atoms with Gasteiger partial charge in [-0.2, -0.15) is 5.10 Å². The second-order valence-electron chi connectivity index (χ2n) is 6.82. The number of carbonyl (C=O) groups is 2. The van der Waals surface area contributed by atoms with Gasteiger partial charge >= 0.3 is 0 Å². The van der Waals surface area contributed by atoms with Gasteiger partial charge in [0.1, 0.15) is 11.4 Å². The lowest BCUT2D eigenvalue weighted by Crippen LogP contribution is -2.50. The number of rotatable bonds is 4. The number of benzene rings is 2. The molecule has 3 aromatic rings. The summed E-state index contributed by atoms with van der Waals surface area (Å²) in [6.07, 6.45) is 0. The summed E-state index contributed by atoms with van der Waals surface area (Å²) in [4.78, 5) is 29.1. The number of amides is 2. The molecule has 0 saturated carbocycles. The molecule has 2 aromatic carbocycles. The molecule has 0 aliphatic carbocycles. The Morgan fingerprint density at radius 2 is 1.52 bits per heavy atom. The van der Waals surface area contributed by atoms with Gasteiger partial charge in [0.2, 0.25) is 0 Å². The number of para-hydroxylation sites is 1. The summed E-state index contributed by atoms with van der Waals surface area (Å²) in [5.74, 6) is 0.369. The molecule has 1 aliphatic rings. The molecule has 0 bridgehead atoms. The van der Waals surface area contributed by atoms with E-state index in [0.29, 0.717) is 43.2 Å². The van der Waals surface area contributed by atoms with Gasteiger partial charge in [-0.15, -0.1) is 0 Å². The fourth-order valence-electron chi connectivity index (χ4n) is 3.46. The number of aromatic amines is 1. The molecule has 0 atom stereocenters. The average Bonchev–Trinajstić information content (AvgIpc) is 3.29. The molecule has 1 fully saturated rings. The standard InChI is InChI=1S/C22H22N4O3/c1-29-20-10-6-5-9-17(20)21(27)25-11-13-26(14-12-25)22(28)19-15-18(23-24-19)16-7-3-2-4-8-16/h2-10,15H,11-14H2,1H3,(H,23,24). The minimum atomic E-state index is -0.107. The van der Waals surface area contributed by atoms with Crippen LogP contribution in [0.3, 0.4) is 0 Å². The van der Waals surface area contributed by atoms with E-state index in [1.807, 2.05) is 42.5 Å². The first-order chi connectivity index (χ1) is 14.2. The number of ether oxygens (including phenoxy) is 1. The Morgan fingerprint density at radius 3 is 2.21 bits per heavy atom. The Labute approximate surface area is 168 Å². The lowest BCUT2D eigenvalue weighted by Gasteiger charge is -2.34. The van der Waals surface area contributed by atoms with Crippen molar-refractivity contribution in [3.05, 3.63) is 71.9 Å². The van der Waals surface area contributed by atoms with E-state index in [4.69, 9.17) is 4.74 Å². The Hall–Kier alpha value is -3.61. The van der Waals surface area contributed by atoms with Gasteiger partial charge in [-0.05, 0) is 18.2 Å². The van der Waals surface area contributed by atoms with Crippen LogP contribution in [0.4, 0.5) is 0 Å². The SMILES string of the molecule is COc1ccccc1C(=O)N1CCN(C(=O)c2cc(-c3ccccc3)n[nH]2)CC1. The van der Waals surface area contributed by atoms with Crippen LogP contribution in [0, 0.1) is 0 Å². The van der Waals surface area contributed by atoms with E-state index in [1.54, 1.807) is 35.1 Å². The smallest absolute Gasteiger partial charge is 0.272 e. The summed E-state index contributed by atoms with van der Waals surface area (Å²) >= 11 is 0. The van der Waals surface area contributed by atoms with Gasteiger partial charge in [-0.1, -0.05) is 42.5 Å².